The molecule has 1 unspecified atom stereocenters. The number of carbonyl (C=O) groups is 2. The molecule has 5 nitrogen and oxygen atoms in total. The van der Waals surface area contributed by atoms with E-state index in [0.29, 0.717) is 6.54 Å². The zero-order chi connectivity index (χ0) is 15.1. The van der Waals surface area contributed by atoms with Crippen molar-refractivity contribution in [2.24, 2.45) is 0 Å². The van der Waals surface area contributed by atoms with E-state index in [-0.39, 0.29) is 30.1 Å². The highest BCUT2D eigenvalue weighted by Crippen LogP contribution is 2.34. The highest BCUT2D eigenvalue weighted by Gasteiger charge is 2.47. The number of hydrogen-bond donors (Lipinski definition) is 1. The Morgan fingerprint density at radius 2 is 1.90 bits per heavy atom. The summed E-state index contributed by atoms with van der Waals surface area (Å²) >= 11 is 0. The maximum Gasteiger partial charge on any atom is 0.248 e. The third kappa shape index (κ3) is 2.93. The summed E-state index contributed by atoms with van der Waals surface area (Å²) in [5.74, 6) is 0.0869. The predicted octanol–water partition coefficient (Wildman–Crippen LogP) is 1.61. The first kappa shape index (κ1) is 14.8. The molecule has 118 valence electrons. The summed E-state index contributed by atoms with van der Waals surface area (Å²) in [6, 6.07) is 0. The van der Waals surface area contributed by atoms with Gasteiger partial charge >= 0.3 is 0 Å². The number of nitrogens with one attached hydrogen (secondary N) is 1. The number of nitrogens with zero attached hydrogens (tertiary/aromatic N) is 1. The summed E-state index contributed by atoms with van der Waals surface area (Å²) in [5, 5.41) is 2.98. The number of hydrogen-bond acceptors (Lipinski definition) is 3. The van der Waals surface area contributed by atoms with Gasteiger partial charge in [-0.2, -0.15) is 0 Å². The van der Waals surface area contributed by atoms with Crippen LogP contribution in [0.15, 0.2) is 0 Å². The van der Waals surface area contributed by atoms with Crippen LogP contribution in [0.3, 0.4) is 0 Å². The normalized spacial score (nSPS) is 31.5. The lowest BCUT2D eigenvalue weighted by molar-refractivity contribution is -0.153. The van der Waals surface area contributed by atoms with Gasteiger partial charge in [-0.25, -0.2) is 0 Å². The predicted molar refractivity (Wildman–Crippen MR) is 78.7 cm³/mol. The zero-order valence-electron chi connectivity index (χ0n) is 13.1. The quantitative estimate of drug-likeness (QED) is 0.841. The van der Waals surface area contributed by atoms with Gasteiger partial charge in [0.25, 0.3) is 0 Å². The molecule has 3 aliphatic rings. The van der Waals surface area contributed by atoms with Crippen molar-refractivity contribution in [2.45, 2.75) is 76.0 Å². The van der Waals surface area contributed by atoms with E-state index in [9.17, 15) is 9.59 Å². The van der Waals surface area contributed by atoms with Gasteiger partial charge in [0.1, 0.15) is 5.54 Å². The summed E-state index contributed by atoms with van der Waals surface area (Å²) in [6.45, 7) is 4.90. The van der Waals surface area contributed by atoms with Gasteiger partial charge < -0.3 is 15.0 Å². The van der Waals surface area contributed by atoms with Gasteiger partial charge in [-0.15, -0.1) is 0 Å². The van der Waals surface area contributed by atoms with E-state index in [1.54, 1.807) is 4.90 Å². The lowest BCUT2D eigenvalue weighted by Gasteiger charge is -2.44. The molecule has 1 saturated carbocycles. The van der Waals surface area contributed by atoms with Crippen LogP contribution in [0.2, 0.25) is 0 Å². The summed E-state index contributed by atoms with van der Waals surface area (Å²) in [7, 11) is 0. The van der Waals surface area contributed by atoms with E-state index in [0.717, 1.165) is 44.9 Å². The summed E-state index contributed by atoms with van der Waals surface area (Å²) < 4.78 is 5.99. The van der Waals surface area contributed by atoms with Crippen molar-refractivity contribution >= 4 is 11.8 Å². The van der Waals surface area contributed by atoms with Crippen molar-refractivity contribution in [3.63, 3.8) is 0 Å². The van der Waals surface area contributed by atoms with Crippen molar-refractivity contribution in [3.8, 4) is 0 Å². The molecule has 2 heterocycles. The monoisotopic (exact) mass is 294 g/mol. The minimum Gasteiger partial charge on any atom is -0.371 e. The topological polar surface area (TPSA) is 58.6 Å². The summed E-state index contributed by atoms with van der Waals surface area (Å²) in [6.07, 6.45) is 6.80. The van der Waals surface area contributed by atoms with E-state index in [2.05, 4.69) is 19.2 Å². The maximum atomic E-state index is 12.9. The number of amides is 2. The molecule has 1 N–H and O–H groups in total. The molecule has 21 heavy (non-hydrogen) atoms. The minimum absolute atomic E-state index is 0.0197. The molecule has 2 saturated heterocycles. The molecule has 2 aliphatic heterocycles. The van der Waals surface area contributed by atoms with Crippen LogP contribution in [0.4, 0.5) is 0 Å². The van der Waals surface area contributed by atoms with E-state index in [1.165, 1.54) is 0 Å². The number of ether oxygens (including phenoxy) is 1. The second-order valence-corrected chi connectivity index (χ2v) is 7.41. The van der Waals surface area contributed by atoms with Crippen molar-refractivity contribution in [1.29, 1.82) is 0 Å². The Kier molecular flexibility index (Phi) is 3.72. The molecule has 3 rings (SSSR count). The SMILES string of the molecule is CC1(C)CCC(CN2CC(=O)NC3(CCCCC3)C2=O)O1. The van der Waals surface area contributed by atoms with Crippen LogP contribution >= 0.6 is 0 Å². The van der Waals surface area contributed by atoms with E-state index in [4.69, 9.17) is 4.74 Å². The Balaban J connectivity index is 1.70. The van der Waals surface area contributed by atoms with Crippen molar-refractivity contribution < 1.29 is 14.3 Å². The van der Waals surface area contributed by atoms with Crippen LogP contribution in [0.25, 0.3) is 0 Å². The lowest BCUT2D eigenvalue weighted by Crippen LogP contribution is -2.67. The highest BCUT2D eigenvalue weighted by molar-refractivity contribution is 5.98. The van der Waals surface area contributed by atoms with Crippen molar-refractivity contribution in [3.05, 3.63) is 0 Å². The lowest BCUT2D eigenvalue weighted by atomic mass is 9.79. The van der Waals surface area contributed by atoms with Crippen LogP contribution in [0, 0.1) is 0 Å². The largest absolute Gasteiger partial charge is 0.371 e. The van der Waals surface area contributed by atoms with E-state index < -0.39 is 5.54 Å². The molecule has 1 aliphatic carbocycles. The maximum absolute atomic E-state index is 12.9. The van der Waals surface area contributed by atoms with Gasteiger partial charge in [0, 0.05) is 6.54 Å². The summed E-state index contributed by atoms with van der Waals surface area (Å²) in [5.41, 5.74) is -0.726. The van der Waals surface area contributed by atoms with E-state index >= 15 is 0 Å². The average Bonchev–Trinajstić information content (AvgIpc) is 2.76. The van der Waals surface area contributed by atoms with Gasteiger partial charge in [-0.05, 0) is 39.5 Å². The fourth-order valence-corrected chi connectivity index (χ4v) is 4.00. The minimum atomic E-state index is -0.623. The molecular weight excluding hydrogens is 268 g/mol. The van der Waals surface area contributed by atoms with Crippen molar-refractivity contribution in [2.75, 3.05) is 13.1 Å². The first-order valence-corrected chi connectivity index (χ1v) is 8.18. The number of carbonyl (C=O) groups excluding carboxylic acids is 2. The first-order chi connectivity index (χ1) is 9.90. The molecular formula is C16H26N2O3. The van der Waals surface area contributed by atoms with Crippen molar-refractivity contribution in [1.82, 2.24) is 10.2 Å². The highest BCUT2D eigenvalue weighted by atomic mass is 16.5. The third-order valence-corrected chi connectivity index (χ3v) is 5.09. The van der Waals surface area contributed by atoms with E-state index in [1.807, 2.05) is 0 Å². The van der Waals surface area contributed by atoms with Gasteiger partial charge in [0.2, 0.25) is 11.8 Å². The van der Waals surface area contributed by atoms with Gasteiger partial charge in [0.15, 0.2) is 0 Å². The molecule has 0 aromatic carbocycles. The van der Waals surface area contributed by atoms with Crippen LogP contribution in [-0.4, -0.2) is 47.0 Å². The van der Waals surface area contributed by atoms with Gasteiger partial charge in [-0.3, -0.25) is 9.59 Å². The Labute approximate surface area is 126 Å². The van der Waals surface area contributed by atoms with Gasteiger partial charge in [0.05, 0.1) is 18.2 Å². The Hall–Kier alpha value is -1.10. The standard InChI is InChI=1S/C16H26N2O3/c1-15(2)9-6-12(21-15)10-18-11-13(19)17-16(14(18)20)7-4-3-5-8-16/h12H,3-11H2,1-2H3,(H,17,19). The fourth-order valence-electron chi connectivity index (χ4n) is 4.00. The Morgan fingerprint density at radius 1 is 1.19 bits per heavy atom. The first-order valence-electron chi connectivity index (χ1n) is 8.18. The molecule has 1 atom stereocenters. The Morgan fingerprint density at radius 3 is 2.52 bits per heavy atom. The second kappa shape index (κ2) is 5.27. The average molecular weight is 294 g/mol. The second-order valence-electron chi connectivity index (χ2n) is 7.41. The molecule has 0 aromatic rings. The molecule has 5 heteroatoms. The Bertz CT molecular complexity index is 441. The van der Waals surface area contributed by atoms with Crippen LogP contribution < -0.4 is 5.32 Å². The smallest absolute Gasteiger partial charge is 0.248 e. The number of piperazine rings is 1. The summed E-state index contributed by atoms with van der Waals surface area (Å²) in [4.78, 5) is 26.6. The molecule has 0 aromatic heterocycles. The molecule has 0 radical (unpaired) electrons. The van der Waals surface area contributed by atoms with Crippen LogP contribution in [0.1, 0.15) is 58.8 Å². The third-order valence-electron chi connectivity index (χ3n) is 5.09. The van der Waals surface area contributed by atoms with Gasteiger partial charge in [-0.1, -0.05) is 19.3 Å². The van der Waals surface area contributed by atoms with Crippen LogP contribution in [-0.2, 0) is 14.3 Å². The zero-order valence-corrected chi connectivity index (χ0v) is 13.1. The molecule has 2 amide bonds. The molecule has 1 spiro atoms. The molecule has 3 fully saturated rings. The van der Waals surface area contributed by atoms with Crippen LogP contribution in [0.5, 0.6) is 0 Å². The molecule has 0 bridgehead atoms. The number of rotatable bonds is 2. The fraction of sp³-hybridized carbons (Fsp3) is 0.875.